The van der Waals surface area contributed by atoms with Gasteiger partial charge in [0.05, 0.1) is 0 Å². The molecule has 90 valence electrons. The zero-order valence-electron chi connectivity index (χ0n) is 9.44. The maximum absolute atomic E-state index is 4.36. The molecule has 15 heavy (non-hydrogen) atoms. The normalized spacial score (nSPS) is 31.8. The van der Waals surface area contributed by atoms with Gasteiger partial charge >= 0.3 is 0 Å². The molecule has 0 aliphatic heterocycles. The molecule has 0 nitrogen and oxygen atoms in total. The lowest BCUT2D eigenvalue weighted by atomic mass is 9.72. The van der Waals surface area contributed by atoms with Crippen molar-refractivity contribution in [2.24, 2.45) is 17.8 Å². The van der Waals surface area contributed by atoms with Gasteiger partial charge in [-0.2, -0.15) is 37.9 Å². The van der Waals surface area contributed by atoms with Crippen molar-refractivity contribution < 1.29 is 0 Å². The fourth-order valence-electron chi connectivity index (χ4n) is 2.96. The van der Waals surface area contributed by atoms with E-state index in [1.54, 1.807) is 0 Å². The quantitative estimate of drug-likeness (QED) is 0.594. The molecule has 0 spiro atoms. The predicted octanol–water partition coefficient (Wildman–Crippen LogP) is 3.98. The van der Waals surface area contributed by atoms with E-state index in [0.29, 0.717) is 0 Å². The van der Waals surface area contributed by atoms with Crippen LogP contribution in [0.2, 0.25) is 0 Å². The van der Waals surface area contributed by atoms with Crippen LogP contribution in [-0.2, 0) is 0 Å². The van der Waals surface area contributed by atoms with Crippen LogP contribution in [0.25, 0.3) is 0 Å². The average Bonchev–Trinajstić information content (AvgIpc) is 2.19. The molecule has 0 heterocycles. The van der Waals surface area contributed by atoms with Gasteiger partial charge in [0.2, 0.25) is 0 Å². The van der Waals surface area contributed by atoms with E-state index in [-0.39, 0.29) is 0 Å². The van der Waals surface area contributed by atoms with Crippen molar-refractivity contribution >= 4 is 37.9 Å². The number of hydrogen-bond acceptors (Lipinski definition) is 3. The van der Waals surface area contributed by atoms with Crippen LogP contribution in [0.5, 0.6) is 0 Å². The Morgan fingerprint density at radius 3 is 1.07 bits per heavy atom. The number of rotatable bonds is 6. The fourth-order valence-corrected chi connectivity index (χ4v) is 4.05. The van der Waals surface area contributed by atoms with Gasteiger partial charge in [0.15, 0.2) is 0 Å². The molecule has 0 atom stereocenters. The molecule has 0 aromatic carbocycles. The third-order valence-corrected chi connectivity index (χ3v) is 4.39. The lowest BCUT2D eigenvalue weighted by Crippen LogP contribution is -2.24. The molecule has 1 rings (SSSR count). The highest BCUT2D eigenvalue weighted by atomic mass is 32.1. The topological polar surface area (TPSA) is 0 Å². The Labute approximate surface area is 111 Å². The molecule has 0 aromatic rings. The average molecular weight is 265 g/mol. The van der Waals surface area contributed by atoms with E-state index in [2.05, 4.69) is 37.9 Å². The maximum atomic E-state index is 4.36. The van der Waals surface area contributed by atoms with Gasteiger partial charge in [-0.05, 0) is 73.5 Å². The zero-order valence-corrected chi connectivity index (χ0v) is 12.1. The van der Waals surface area contributed by atoms with Gasteiger partial charge in [-0.3, -0.25) is 0 Å². The molecule has 3 heteroatoms. The standard InChI is InChI=1S/C12H24S3/c13-4-1-10-7-11(2-5-14)9-12(8-10)3-6-15/h10-15H,1-9H2. The fraction of sp³-hybridized carbons (Fsp3) is 1.00. The Morgan fingerprint density at radius 2 is 0.867 bits per heavy atom. The summed E-state index contributed by atoms with van der Waals surface area (Å²) in [5.74, 6) is 5.91. The molecule has 0 unspecified atom stereocenters. The lowest BCUT2D eigenvalue weighted by molar-refractivity contribution is 0.185. The molecule has 1 aliphatic carbocycles. The molecular formula is C12H24S3. The first-order chi connectivity index (χ1) is 7.30. The molecule has 1 aliphatic rings. The molecule has 0 bridgehead atoms. The van der Waals surface area contributed by atoms with Gasteiger partial charge in [-0.15, -0.1) is 0 Å². The number of thiol groups is 3. The summed E-state index contributed by atoms with van der Waals surface area (Å²) in [6, 6.07) is 0. The second kappa shape index (κ2) is 8.19. The van der Waals surface area contributed by atoms with Crippen LogP contribution in [0.1, 0.15) is 38.5 Å². The van der Waals surface area contributed by atoms with E-state index in [9.17, 15) is 0 Å². The van der Waals surface area contributed by atoms with Crippen LogP contribution in [-0.4, -0.2) is 17.3 Å². The summed E-state index contributed by atoms with van der Waals surface area (Å²) < 4.78 is 0. The summed E-state index contributed by atoms with van der Waals surface area (Å²) in [6.07, 6.45) is 8.17. The Morgan fingerprint density at radius 1 is 0.600 bits per heavy atom. The van der Waals surface area contributed by atoms with Crippen LogP contribution in [0.15, 0.2) is 0 Å². The zero-order chi connectivity index (χ0) is 11.1. The molecule has 0 N–H and O–H groups in total. The maximum Gasteiger partial charge on any atom is -0.00953 e. The van der Waals surface area contributed by atoms with Crippen molar-refractivity contribution in [3.8, 4) is 0 Å². The van der Waals surface area contributed by atoms with Crippen LogP contribution in [0.3, 0.4) is 0 Å². The van der Waals surface area contributed by atoms with Crippen molar-refractivity contribution in [2.45, 2.75) is 38.5 Å². The Hall–Kier alpha value is 1.05. The van der Waals surface area contributed by atoms with E-state index >= 15 is 0 Å². The SMILES string of the molecule is SCCC1CC(CCS)CC(CCS)C1. The summed E-state index contributed by atoms with van der Waals surface area (Å²) in [7, 11) is 0. The lowest BCUT2D eigenvalue weighted by Gasteiger charge is -2.34. The molecular weight excluding hydrogens is 240 g/mol. The van der Waals surface area contributed by atoms with Gasteiger partial charge in [0.1, 0.15) is 0 Å². The number of hydrogen-bond donors (Lipinski definition) is 3. The monoisotopic (exact) mass is 264 g/mol. The van der Waals surface area contributed by atoms with Crippen molar-refractivity contribution in [3.05, 3.63) is 0 Å². The molecule has 0 aromatic heterocycles. The Kier molecular flexibility index (Phi) is 7.70. The van der Waals surface area contributed by atoms with Crippen molar-refractivity contribution in [3.63, 3.8) is 0 Å². The van der Waals surface area contributed by atoms with Crippen molar-refractivity contribution in [1.82, 2.24) is 0 Å². The largest absolute Gasteiger partial charge is 0.179 e. The van der Waals surface area contributed by atoms with Crippen LogP contribution in [0.4, 0.5) is 0 Å². The van der Waals surface area contributed by atoms with E-state index in [0.717, 1.165) is 35.0 Å². The first-order valence-electron chi connectivity index (χ1n) is 6.12. The van der Waals surface area contributed by atoms with Gasteiger partial charge in [-0.25, -0.2) is 0 Å². The van der Waals surface area contributed by atoms with Gasteiger partial charge in [0.25, 0.3) is 0 Å². The first-order valence-corrected chi connectivity index (χ1v) is 8.02. The third-order valence-electron chi connectivity index (χ3n) is 3.61. The van der Waals surface area contributed by atoms with E-state index in [4.69, 9.17) is 0 Å². The van der Waals surface area contributed by atoms with Crippen LogP contribution in [0, 0.1) is 17.8 Å². The minimum absolute atomic E-state index is 0.922. The summed E-state index contributed by atoms with van der Waals surface area (Å²) in [6.45, 7) is 0. The van der Waals surface area contributed by atoms with E-state index in [1.807, 2.05) is 0 Å². The second-order valence-corrected chi connectivity index (χ2v) is 6.18. The summed E-state index contributed by atoms with van der Waals surface area (Å²) in [5, 5.41) is 0. The minimum Gasteiger partial charge on any atom is -0.179 e. The third kappa shape index (κ3) is 5.27. The summed E-state index contributed by atoms with van der Waals surface area (Å²) in [5.41, 5.74) is 0. The van der Waals surface area contributed by atoms with Gasteiger partial charge < -0.3 is 0 Å². The Balaban J connectivity index is 2.40. The van der Waals surface area contributed by atoms with Crippen molar-refractivity contribution in [1.29, 1.82) is 0 Å². The molecule has 0 saturated heterocycles. The predicted molar refractivity (Wildman–Crippen MR) is 79.7 cm³/mol. The highest BCUT2D eigenvalue weighted by Crippen LogP contribution is 2.38. The molecule has 0 amide bonds. The molecule has 1 fully saturated rings. The van der Waals surface area contributed by atoms with Gasteiger partial charge in [0, 0.05) is 0 Å². The summed E-state index contributed by atoms with van der Waals surface area (Å²) in [4.78, 5) is 0. The smallest absolute Gasteiger partial charge is 0.00953 e. The minimum atomic E-state index is 0.922. The first kappa shape index (κ1) is 14.1. The summed E-state index contributed by atoms with van der Waals surface area (Å²) >= 11 is 13.1. The van der Waals surface area contributed by atoms with E-state index in [1.165, 1.54) is 38.5 Å². The van der Waals surface area contributed by atoms with Crippen LogP contribution < -0.4 is 0 Å². The van der Waals surface area contributed by atoms with Crippen LogP contribution >= 0.6 is 37.9 Å². The highest BCUT2D eigenvalue weighted by molar-refractivity contribution is 7.80. The highest BCUT2D eigenvalue weighted by Gasteiger charge is 2.27. The second-order valence-electron chi connectivity index (χ2n) is 4.84. The Bertz CT molecular complexity index is 126. The molecule has 0 radical (unpaired) electrons. The van der Waals surface area contributed by atoms with Gasteiger partial charge in [-0.1, -0.05) is 0 Å². The van der Waals surface area contributed by atoms with E-state index < -0.39 is 0 Å². The molecule has 1 saturated carbocycles. The van der Waals surface area contributed by atoms with Crippen molar-refractivity contribution in [2.75, 3.05) is 17.3 Å².